The molecule has 2 aromatic carbocycles. The van der Waals surface area contributed by atoms with Gasteiger partial charge in [-0.05, 0) is 74.5 Å². The number of para-hydroxylation sites is 1. The lowest BCUT2D eigenvalue weighted by molar-refractivity contribution is 0.0915. The molecule has 0 saturated carbocycles. The van der Waals surface area contributed by atoms with Gasteiger partial charge in [0.1, 0.15) is 12.7 Å². The standard InChI is InChI=1S/C26H27N3O2/c1-16-6-8-20-23(28-16)10-11-25-26(20)31-18(15-30-25)14-27-13-17-7-9-24-21(12-17)19-4-2-3-5-22(19)29-24/h2-6,8,10-11,17-18,27,29H,7,9,12-15H2,1H3/t17-,18+/m1/s1. The average Bonchev–Trinajstić information content (AvgIpc) is 3.17. The predicted octanol–water partition coefficient (Wildman–Crippen LogP) is 4.56. The molecular formula is C26H27N3O2. The van der Waals surface area contributed by atoms with E-state index in [9.17, 15) is 0 Å². The van der Waals surface area contributed by atoms with E-state index >= 15 is 0 Å². The van der Waals surface area contributed by atoms with Gasteiger partial charge in [-0.25, -0.2) is 0 Å². The molecule has 3 heterocycles. The average molecular weight is 414 g/mol. The van der Waals surface area contributed by atoms with Crippen LogP contribution in [0.4, 0.5) is 0 Å². The van der Waals surface area contributed by atoms with Gasteiger partial charge in [0.2, 0.25) is 0 Å². The zero-order valence-electron chi connectivity index (χ0n) is 17.8. The van der Waals surface area contributed by atoms with E-state index in [4.69, 9.17) is 9.47 Å². The molecule has 2 atom stereocenters. The number of aryl methyl sites for hydroxylation is 2. The number of fused-ring (bicyclic) bond motifs is 6. The number of hydrogen-bond donors (Lipinski definition) is 2. The summed E-state index contributed by atoms with van der Waals surface area (Å²) in [6.07, 6.45) is 3.48. The lowest BCUT2D eigenvalue weighted by Crippen LogP contribution is -2.40. The molecule has 1 aliphatic carbocycles. The van der Waals surface area contributed by atoms with Crippen LogP contribution < -0.4 is 14.8 Å². The van der Waals surface area contributed by atoms with Crippen molar-refractivity contribution >= 4 is 21.8 Å². The Morgan fingerprint density at radius 1 is 1.06 bits per heavy atom. The van der Waals surface area contributed by atoms with Crippen LogP contribution in [0.25, 0.3) is 21.8 Å². The SMILES string of the molecule is Cc1ccc2c3c(ccc2n1)OC[C@H](CNC[C@@H]1CCc2[nH]c4ccccc4c2C1)O3. The summed E-state index contributed by atoms with van der Waals surface area (Å²) in [5, 5.41) is 6.06. The molecule has 0 amide bonds. The molecule has 2 aliphatic rings. The van der Waals surface area contributed by atoms with Crippen LogP contribution in [0.5, 0.6) is 11.5 Å². The molecule has 0 fully saturated rings. The van der Waals surface area contributed by atoms with Crippen molar-refractivity contribution in [2.75, 3.05) is 19.7 Å². The Kier molecular flexibility index (Phi) is 4.57. The van der Waals surface area contributed by atoms with Gasteiger partial charge in [-0.1, -0.05) is 18.2 Å². The van der Waals surface area contributed by atoms with E-state index in [2.05, 4.69) is 45.6 Å². The molecule has 0 saturated heterocycles. The van der Waals surface area contributed by atoms with Gasteiger partial charge in [-0.3, -0.25) is 4.98 Å². The first-order chi connectivity index (χ1) is 15.2. The van der Waals surface area contributed by atoms with Crippen LogP contribution in [0.2, 0.25) is 0 Å². The van der Waals surface area contributed by atoms with Crippen LogP contribution in [-0.4, -0.2) is 35.8 Å². The van der Waals surface area contributed by atoms with Gasteiger partial charge in [-0.15, -0.1) is 0 Å². The van der Waals surface area contributed by atoms with Gasteiger partial charge in [0, 0.05) is 34.2 Å². The molecule has 2 aromatic heterocycles. The number of aromatic nitrogens is 2. The summed E-state index contributed by atoms with van der Waals surface area (Å²) >= 11 is 0. The second-order valence-electron chi connectivity index (χ2n) is 8.86. The first-order valence-electron chi connectivity index (χ1n) is 11.2. The molecule has 4 aromatic rings. The van der Waals surface area contributed by atoms with Gasteiger partial charge in [0.15, 0.2) is 11.5 Å². The molecule has 0 spiro atoms. The van der Waals surface area contributed by atoms with Crippen LogP contribution in [0.1, 0.15) is 23.4 Å². The van der Waals surface area contributed by atoms with Gasteiger partial charge >= 0.3 is 0 Å². The third-order valence-electron chi connectivity index (χ3n) is 6.64. The van der Waals surface area contributed by atoms with Crippen molar-refractivity contribution in [1.29, 1.82) is 0 Å². The molecule has 6 rings (SSSR count). The fourth-order valence-corrected chi connectivity index (χ4v) is 5.04. The van der Waals surface area contributed by atoms with E-state index in [0.717, 1.165) is 54.0 Å². The van der Waals surface area contributed by atoms with E-state index in [1.807, 2.05) is 25.1 Å². The second-order valence-corrected chi connectivity index (χ2v) is 8.86. The Labute approximate surface area is 181 Å². The third-order valence-corrected chi connectivity index (χ3v) is 6.64. The first kappa shape index (κ1) is 18.7. The Balaban J connectivity index is 1.10. The van der Waals surface area contributed by atoms with Crippen LogP contribution in [0.3, 0.4) is 0 Å². The molecule has 1 aliphatic heterocycles. The first-order valence-corrected chi connectivity index (χ1v) is 11.2. The van der Waals surface area contributed by atoms with Gasteiger partial charge in [0.05, 0.1) is 5.52 Å². The fourth-order valence-electron chi connectivity index (χ4n) is 5.04. The molecule has 2 N–H and O–H groups in total. The summed E-state index contributed by atoms with van der Waals surface area (Å²) in [6, 6.07) is 16.7. The molecule has 0 bridgehead atoms. The maximum absolute atomic E-state index is 6.34. The van der Waals surface area contributed by atoms with E-state index in [0.29, 0.717) is 12.5 Å². The minimum Gasteiger partial charge on any atom is -0.486 e. The topological polar surface area (TPSA) is 59.2 Å². The van der Waals surface area contributed by atoms with Crippen molar-refractivity contribution in [3.8, 4) is 11.5 Å². The highest BCUT2D eigenvalue weighted by Crippen LogP contribution is 2.38. The number of aromatic amines is 1. The highest BCUT2D eigenvalue weighted by atomic mass is 16.6. The molecule has 0 radical (unpaired) electrons. The highest BCUT2D eigenvalue weighted by molar-refractivity contribution is 5.88. The fraction of sp³-hybridized carbons (Fsp3) is 0.346. The van der Waals surface area contributed by atoms with Crippen LogP contribution in [-0.2, 0) is 12.8 Å². The molecule has 31 heavy (non-hydrogen) atoms. The monoisotopic (exact) mass is 413 g/mol. The Bertz CT molecular complexity index is 1260. The zero-order chi connectivity index (χ0) is 20.8. The Morgan fingerprint density at radius 3 is 2.97 bits per heavy atom. The normalized spacial score (nSPS) is 20.2. The second kappa shape index (κ2) is 7.57. The number of nitrogens with zero attached hydrogens (tertiary/aromatic N) is 1. The number of hydrogen-bond acceptors (Lipinski definition) is 4. The third kappa shape index (κ3) is 3.43. The summed E-state index contributed by atoms with van der Waals surface area (Å²) in [6.45, 7) is 4.36. The highest BCUT2D eigenvalue weighted by Gasteiger charge is 2.25. The minimum atomic E-state index is 0.00615. The van der Waals surface area contributed by atoms with Crippen molar-refractivity contribution in [2.45, 2.75) is 32.3 Å². The number of rotatable bonds is 4. The van der Waals surface area contributed by atoms with Crippen molar-refractivity contribution in [3.05, 3.63) is 65.5 Å². The molecule has 0 unspecified atom stereocenters. The Hall–Kier alpha value is -3.05. The van der Waals surface area contributed by atoms with Crippen LogP contribution in [0.15, 0.2) is 48.5 Å². The molecule has 5 nitrogen and oxygen atoms in total. The zero-order valence-corrected chi connectivity index (χ0v) is 17.8. The maximum Gasteiger partial charge on any atom is 0.171 e. The quantitative estimate of drug-likeness (QED) is 0.515. The van der Waals surface area contributed by atoms with Crippen LogP contribution >= 0.6 is 0 Å². The number of ether oxygens (including phenoxy) is 2. The lowest BCUT2D eigenvalue weighted by atomic mass is 9.86. The lowest BCUT2D eigenvalue weighted by Gasteiger charge is -2.29. The number of benzene rings is 2. The van der Waals surface area contributed by atoms with Crippen molar-refractivity contribution in [2.24, 2.45) is 5.92 Å². The van der Waals surface area contributed by atoms with Gasteiger partial charge < -0.3 is 19.8 Å². The summed E-state index contributed by atoms with van der Waals surface area (Å²) < 4.78 is 12.3. The summed E-state index contributed by atoms with van der Waals surface area (Å²) in [7, 11) is 0. The number of nitrogens with one attached hydrogen (secondary N) is 2. The maximum atomic E-state index is 6.34. The summed E-state index contributed by atoms with van der Waals surface area (Å²) in [5.74, 6) is 2.29. The minimum absolute atomic E-state index is 0.00615. The van der Waals surface area contributed by atoms with E-state index < -0.39 is 0 Å². The van der Waals surface area contributed by atoms with Crippen molar-refractivity contribution in [3.63, 3.8) is 0 Å². The predicted molar refractivity (Wildman–Crippen MR) is 123 cm³/mol. The largest absolute Gasteiger partial charge is 0.486 e. The summed E-state index contributed by atoms with van der Waals surface area (Å²) in [5.41, 5.74) is 6.16. The van der Waals surface area contributed by atoms with Crippen molar-refractivity contribution in [1.82, 2.24) is 15.3 Å². The van der Waals surface area contributed by atoms with Crippen molar-refractivity contribution < 1.29 is 9.47 Å². The Morgan fingerprint density at radius 2 is 2.00 bits per heavy atom. The van der Waals surface area contributed by atoms with Gasteiger partial charge in [-0.2, -0.15) is 0 Å². The van der Waals surface area contributed by atoms with E-state index in [1.54, 1.807) is 0 Å². The molecular weight excluding hydrogens is 386 g/mol. The number of pyridine rings is 1. The molecule has 158 valence electrons. The van der Waals surface area contributed by atoms with Crippen LogP contribution in [0, 0.1) is 12.8 Å². The van der Waals surface area contributed by atoms with E-state index in [-0.39, 0.29) is 6.10 Å². The summed E-state index contributed by atoms with van der Waals surface area (Å²) in [4.78, 5) is 8.22. The van der Waals surface area contributed by atoms with Gasteiger partial charge in [0.25, 0.3) is 0 Å². The molecule has 5 heteroatoms. The smallest absolute Gasteiger partial charge is 0.171 e. The van der Waals surface area contributed by atoms with E-state index in [1.165, 1.54) is 28.6 Å². The number of H-pyrrole nitrogens is 1.